The summed E-state index contributed by atoms with van der Waals surface area (Å²) in [5, 5.41) is 7.09. The summed E-state index contributed by atoms with van der Waals surface area (Å²) in [5.74, 6) is -0.445. The number of rotatable bonds is 4. The minimum Gasteiger partial charge on any atom is -0.399 e. The fourth-order valence-electron chi connectivity index (χ4n) is 0.818. The standard InChI is InChI=1S/C10H18N4O4/c1-7(11-17-6)8(9(15)13(2)3)12-18-10(16)14(4)5/h1-6H3. The molecular weight excluding hydrogens is 240 g/mol. The van der Waals surface area contributed by atoms with Gasteiger partial charge in [-0.05, 0) is 6.92 Å². The number of carbonyl (C=O) groups is 2. The molecule has 0 spiro atoms. The molecule has 8 heteroatoms. The van der Waals surface area contributed by atoms with Gasteiger partial charge in [0.2, 0.25) is 0 Å². The molecule has 0 aliphatic carbocycles. The Morgan fingerprint density at radius 2 is 1.56 bits per heavy atom. The lowest BCUT2D eigenvalue weighted by Gasteiger charge is -2.12. The minimum absolute atomic E-state index is 0.1000. The largest absolute Gasteiger partial charge is 0.435 e. The third-order valence-electron chi connectivity index (χ3n) is 1.76. The Kier molecular flexibility index (Phi) is 6.40. The molecule has 0 aliphatic rings. The van der Waals surface area contributed by atoms with E-state index in [1.165, 1.54) is 37.9 Å². The lowest BCUT2D eigenvalue weighted by molar-refractivity contribution is -0.121. The van der Waals surface area contributed by atoms with Crippen molar-refractivity contribution in [3.63, 3.8) is 0 Å². The number of carbonyl (C=O) groups excluding carboxylic acids is 2. The molecule has 0 atom stereocenters. The summed E-state index contributed by atoms with van der Waals surface area (Å²) in [6, 6.07) is 0. The molecule has 0 saturated carbocycles. The van der Waals surface area contributed by atoms with Crippen LogP contribution in [0, 0.1) is 0 Å². The number of hydrogen-bond acceptors (Lipinski definition) is 6. The summed E-state index contributed by atoms with van der Waals surface area (Å²) in [7, 11) is 7.44. The van der Waals surface area contributed by atoms with Crippen molar-refractivity contribution in [1.82, 2.24) is 9.80 Å². The summed E-state index contributed by atoms with van der Waals surface area (Å²) in [4.78, 5) is 34.6. The van der Waals surface area contributed by atoms with E-state index in [9.17, 15) is 9.59 Å². The van der Waals surface area contributed by atoms with Crippen molar-refractivity contribution in [1.29, 1.82) is 0 Å². The molecule has 0 heterocycles. The molecule has 0 aromatic heterocycles. The second-order valence-corrected chi connectivity index (χ2v) is 3.75. The summed E-state index contributed by atoms with van der Waals surface area (Å²) >= 11 is 0. The van der Waals surface area contributed by atoms with E-state index in [0.717, 1.165) is 0 Å². The number of amides is 2. The molecule has 0 saturated heterocycles. The first kappa shape index (κ1) is 15.9. The highest BCUT2D eigenvalue weighted by Gasteiger charge is 2.19. The maximum Gasteiger partial charge on any atom is 0.435 e. The summed E-state index contributed by atoms with van der Waals surface area (Å²) in [6.07, 6.45) is -0.690. The van der Waals surface area contributed by atoms with Crippen molar-refractivity contribution >= 4 is 23.4 Å². The Morgan fingerprint density at radius 3 is 1.94 bits per heavy atom. The van der Waals surface area contributed by atoms with Gasteiger partial charge in [0.05, 0.1) is 0 Å². The third kappa shape index (κ3) is 4.81. The molecule has 0 aliphatic heterocycles. The number of nitrogens with zero attached hydrogens (tertiary/aromatic N) is 4. The van der Waals surface area contributed by atoms with Crippen molar-refractivity contribution in [3.8, 4) is 0 Å². The predicted octanol–water partition coefficient (Wildman–Crippen LogP) is 0.151. The smallest absolute Gasteiger partial charge is 0.399 e. The van der Waals surface area contributed by atoms with Crippen LogP contribution in [0.25, 0.3) is 0 Å². The van der Waals surface area contributed by atoms with Crippen molar-refractivity contribution in [2.75, 3.05) is 35.3 Å². The quantitative estimate of drug-likeness (QED) is 0.408. The highest BCUT2D eigenvalue weighted by molar-refractivity contribution is 6.66. The number of oxime groups is 2. The Balaban J connectivity index is 5.11. The van der Waals surface area contributed by atoms with Gasteiger partial charge in [-0.2, -0.15) is 0 Å². The summed E-state index contributed by atoms with van der Waals surface area (Å²) in [6.45, 7) is 1.52. The molecule has 8 nitrogen and oxygen atoms in total. The van der Waals surface area contributed by atoms with Crippen LogP contribution in [-0.2, 0) is 14.5 Å². The van der Waals surface area contributed by atoms with Gasteiger partial charge in [-0.1, -0.05) is 10.3 Å². The van der Waals surface area contributed by atoms with E-state index in [1.54, 1.807) is 14.1 Å². The van der Waals surface area contributed by atoms with Gasteiger partial charge < -0.3 is 14.6 Å². The van der Waals surface area contributed by atoms with Gasteiger partial charge >= 0.3 is 6.09 Å². The molecule has 0 unspecified atom stereocenters. The van der Waals surface area contributed by atoms with Crippen LogP contribution in [0.4, 0.5) is 4.79 Å². The van der Waals surface area contributed by atoms with Crippen LogP contribution >= 0.6 is 0 Å². The molecule has 0 aromatic rings. The van der Waals surface area contributed by atoms with E-state index < -0.39 is 12.0 Å². The Hall–Kier alpha value is -2.12. The van der Waals surface area contributed by atoms with Gasteiger partial charge in [0.15, 0.2) is 5.71 Å². The molecule has 0 rings (SSSR count). The monoisotopic (exact) mass is 258 g/mol. The Morgan fingerprint density at radius 1 is 1.00 bits per heavy atom. The lowest BCUT2D eigenvalue weighted by atomic mass is 10.2. The first-order valence-electron chi connectivity index (χ1n) is 5.07. The van der Waals surface area contributed by atoms with Gasteiger partial charge in [-0.3, -0.25) is 9.63 Å². The van der Waals surface area contributed by atoms with Gasteiger partial charge in [0.25, 0.3) is 5.91 Å². The molecular formula is C10H18N4O4. The van der Waals surface area contributed by atoms with E-state index in [2.05, 4.69) is 20.0 Å². The molecule has 102 valence electrons. The lowest BCUT2D eigenvalue weighted by Crippen LogP contribution is -2.35. The van der Waals surface area contributed by atoms with Crippen LogP contribution in [0.5, 0.6) is 0 Å². The average Bonchev–Trinajstić information content (AvgIpc) is 2.28. The van der Waals surface area contributed by atoms with Crippen LogP contribution in [0.15, 0.2) is 10.3 Å². The van der Waals surface area contributed by atoms with Crippen LogP contribution in [0.3, 0.4) is 0 Å². The fourth-order valence-corrected chi connectivity index (χ4v) is 0.818. The van der Waals surface area contributed by atoms with Gasteiger partial charge in [0.1, 0.15) is 12.8 Å². The fraction of sp³-hybridized carbons (Fsp3) is 0.600. The maximum absolute atomic E-state index is 11.8. The van der Waals surface area contributed by atoms with Crippen molar-refractivity contribution in [3.05, 3.63) is 0 Å². The topological polar surface area (TPSA) is 83.8 Å². The van der Waals surface area contributed by atoms with Gasteiger partial charge in [-0.25, -0.2) is 4.79 Å². The second-order valence-electron chi connectivity index (χ2n) is 3.75. The molecule has 0 fully saturated rings. The Bertz CT molecular complexity index is 374. The predicted molar refractivity (Wildman–Crippen MR) is 66.4 cm³/mol. The highest BCUT2D eigenvalue weighted by Crippen LogP contribution is 1.95. The third-order valence-corrected chi connectivity index (χ3v) is 1.76. The van der Waals surface area contributed by atoms with E-state index >= 15 is 0 Å². The molecule has 0 N–H and O–H groups in total. The van der Waals surface area contributed by atoms with Crippen LogP contribution in [0.2, 0.25) is 0 Å². The van der Waals surface area contributed by atoms with Crippen molar-refractivity contribution in [2.45, 2.75) is 6.92 Å². The van der Waals surface area contributed by atoms with Crippen LogP contribution in [0.1, 0.15) is 6.92 Å². The normalized spacial score (nSPS) is 11.9. The summed E-state index contributed by atoms with van der Waals surface area (Å²) < 4.78 is 0. The van der Waals surface area contributed by atoms with E-state index in [4.69, 9.17) is 0 Å². The first-order valence-corrected chi connectivity index (χ1v) is 5.07. The molecule has 2 amide bonds. The average molecular weight is 258 g/mol. The Labute approximate surface area is 106 Å². The zero-order valence-corrected chi connectivity index (χ0v) is 11.4. The van der Waals surface area contributed by atoms with Crippen LogP contribution in [-0.4, -0.2) is 68.5 Å². The molecule has 0 aromatic carbocycles. The second kappa shape index (κ2) is 7.25. The van der Waals surface area contributed by atoms with E-state index in [1.807, 2.05) is 0 Å². The SMILES string of the molecule is CON=C(C)C(=NOC(=O)N(C)C)C(=O)N(C)C. The van der Waals surface area contributed by atoms with Crippen LogP contribution < -0.4 is 0 Å². The first-order chi connectivity index (χ1) is 8.31. The van der Waals surface area contributed by atoms with Gasteiger partial charge in [-0.15, -0.1) is 0 Å². The zero-order valence-electron chi connectivity index (χ0n) is 11.4. The van der Waals surface area contributed by atoms with Crippen molar-refractivity contribution < 1.29 is 19.3 Å². The molecule has 0 radical (unpaired) electrons. The van der Waals surface area contributed by atoms with E-state index in [-0.39, 0.29) is 11.4 Å². The zero-order chi connectivity index (χ0) is 14.3. The maximum atomic E-state index is 11.8. The highest BCUT2D eigenvalue weighted by atomic mass is 16.7. The molecule has 18 heavy (non-hydrogen) atoms. The van der Waals surface area contributed by atoms with Gasteiger partial charge in [0, 0.05) is 28.2 Å². The number of hydrogen-bond donors (Lipinski definition) is 0. The summed E-state index contributed by atoms with van der Waals surface area (Å²) in [5.41, 5.74) is 0.111. The molecule has 0 bridgehead atoms. The van der Waals surface area contributed by atoms with E-state index in [0.29, 0.717) is 0 Å². The minimum atomic E-state index is -0.690. The van der Waals surface area contributed by atoms with Crippen molar-refractivity contribution in [2.24, 2.45) is 10.3 Å².